The molecule has 0 radical (unpaired) electrons. The largest absolute Gasteiger partial charge is 0.497 e. The van der Waals surface area contributed by atoms with Crippen molar-refractivity contribution in [3.8, 4) is 28.3 Å². The molecule has 0 unspecified atom stereocenters. The molecule has 5 aromatic rings. The van der Waals surface area contributed by atoms with Gasteiger partial charge in [0.15, 0.2) is 5.58 Å². The van der Waals surface area contributed by atoms with Gasteiger partial charge in [0, 0.05) is 22.9 Å². The van der Waals surface area contributed by atoms with Crippen molar-refractivity contribution >= 4 is 22.7 Å². The van der Waals surface area contributed by atoms with E-state index in [-0.39, 0.29) is 5.91 Å². The lowest BCUT2D eigenvalue weighted by Gasteiger charge is -2.07. The molecule has 5 heteroatoms. The van der Waals surface area contributed by atoms with E-state index in [9.17, 15) is 4.79 Å². The molecule has 0 saturated heterocycles. The number of anilines is 1. The predicted octanol–water partition coefficient (Wildman–Crippen LogP) is 6.42. The van der Waals surface area contributed by atoms with Crippen LogP contribution in [0.1, 0.15) is 10.4 Å². The molecule has 5 nitrogen and oxygen atoms in total. The number of rotatable bonds is 5. The molecule has 0 spiro atoms. The summed E-state index contributed by atoms with van der Waals surface area (Å²) in [5.74, 6) is 1.03. The van der Waals surface area contributed by atoms with E-state index in [4.69, 9.17) is 9.15 Å². The van der Waals surface area contributed by atoms with Gasteiger partial charge < -0.3 is 14.5 Å². The van der Waals surface area contributed by atoms with Crippen LogP contribution in [-0.2, 0) is 0 Å². The monoisotopic (exact) mass is 420 g/mol. The van der Waals surface area contributed by atoms with Gasteiger partial charge >= 0.3 is 0 Å². The number of fused-ring (bicyclic) bond motifs is 1. The second-order valence-electron chi connectivity index (χ2n) is 7.33. The summed E-state index contributed by atoms with van der Waals surface area (Å²) in [6.07, 6.45) is 0. The van der Waals surface area contributed by atoms with Gasteiger partial charge in [0.1, 0.15) is 11.3 Å². The Morgan fingerprint density at radius 3 is 2.34 bits per heavy atom. The maximum atomic E-state index is 12.8. The Morgan fingerprint density at radius 1 is 0.812 bits per heavy atom. The van der Waals surface area contributed by atoms with Crippen molar-refractivity contribution in [2.24, 2.45) is 0 Å². The molecule has 0 atom stereocenters. The fourth-order valence-corrected chi connectivity index (χ4v) is 3.54. The van der Waals surface area contributed by atoms with Crippen molar-refractivity contribution in [1.29, 1.82) is 0 Å². The maximum absolute atomic E-state index is 12.8. The Labute approximate surface area is 185 Å². The molecule has 5 rings (SSSR count). The zero-order valence-corrected chi connectivity index (χ0v) is 17.4. The van der Waals surface area contributed by atoms with E-state index >= 15 is 0 Å². The third-order valence-electron chi connectivity index (χ3n) is 5.22. The van der Waals surface area contributed by atoms with Crippen molar-refractivity contribution in [3.63, 3.8) is 0 Å². The Morgan fingerprint density at radius 2 is 1.56 bits per heavy atom. The van der Waals surface area contributed by atoms with Crippen LogP contribution in [0.2, 0.25) is 0 Å². The predicted molar refractivity (Wildman–Crippen MR) is 126 cm³/mol. The van der Waals surface area contributed by atoms with Gasteiger partial charge in [-0.25, -0.2) is 4.98 Å². The van der Waals surface area contributed by atoms with E-state index in [1.807, 2.05) is 97.1 Å². The highest BCUT2D eigenvalue weighted by Gasteiger charge is 2.11. The summed E-state index contributed by atoms with van der Waals surface area (Å²) >= 11 is 0. The summed E-state index contributed by atoms with van der Waals surface area (Å²) in [7, 11) is 1.61. The lowest BCUT2D eigenvalue weighted by molar-refractivity contribution is 0.102. The van der Waals surface area contributed by atoms with Crippen LogP contribution in [0.4, 0.5) is 5.69 Å². The third-order valence-corrected chi connectivity index (χ3v) is 5.22. The summed E-state index contributed by atoms with van der Waals surface area (Å²) in [5.41, 5.74) is 5.60. The number of oxazole rings is 1. The second-order valence-corrected chi connectivity index (χ2v) is 7.33. The molecule has 32 heavy (non-hydrogen) atoms. The van der Waals surface area contributed by atoms with E-state index in [1.165, 1.54) is 0 Å². The Balaban J connectivity index is 1.35. The van der Waals surface area contributed by atoms with Crippen molar-refractivity contribution in [1.82, 2.24) is 4.98 Å². The number of nitrogens with one attached hydrogen (secondary N) is 1. The highest BCUT2D eigenvalue weighted by atomic mass is 16.5. The molecule has 1 N–H and O–H groups in total. The summed E-state index contributed by atoms with van der Waals surface area (Å²) < 4.78 is 11.1. The first-order valence-electron chi connectivity index (χ1n) is 10.2. The van der Waals surface area contributed by atoms with E-state index < -0.39 is 0 Å². The zero-order valence-electron chi connectivity index (χ0n) is 17.4. The molecule has 0 fully saturated rings. The van der Waals surface area contributed by atoms with Crippen molar-refractivity contribution < 1.29 is 13.9 Å². The number of aromatic nitrogens is 1. The molecule has 1 aromatic heterocycles. The van der Waals surface area contributed by atoms with Crippen LogP contribution >= 0.6 is 0 Å². The SMILES string of the molecule is COc1ccc2oc(-c3cccc(NC(=O)c4ccc(-c5ccccc5)cc4)c3)nc2c1. The van der Waals surface area contributed by atoms with Crippen LogP contribution in [0.5, 0.6) is 5.75 Å². The number of ether oxygens (including phenoxy) is 1. The average molecular weight is 420 g/mol. The quantitative estimate of drug-likeness (QED) is 0.356. The number of benzene rings is 4. The van der Waals surface area contributed by atoms with Gasteiger partial charge in [-0.3, -0.25) is 4.79 Å². The summed E-state index contributed by atoms with van der Waals surface area (Å²) in [4.78, 5) is 17.3. The average Bonchev–Trinajstić information content (AvgIpc) is 3.28. The van der Waals surface area contributed by atoms with Gasteiger partial charge in [-0.2, -0.15) is 0 Å². The maximum Gasteiger partial charge on any atom is 0.255 e. The van der Waals surface area contributed by atoms with Crippen molar-refractivity contribution in [2.45, 2.75) is 0 Å². The Kier molecular flexibility index (Phi) is 5.14. The van der Waals surface area contributed by atoms with Crippen LogP contribution in [-0.4, -0.2) is 18.0 Å². The van der Waals surface area contributed by atoms with Gasteiger partial charge in [-0.1, -0.05) is 48.5 Å². The molecule has 0 aliphatic carbocycles. The lowest BCUT2D eigenvalue weighted by Crippen LogP contribution is -2.11. The highest BCUT2D eigenvalue weighted by Crippen LogP contribution is 2.28. The highest BCUT2D eigenvalue weighted by molar-refractivity contribution is 6.04. The van der Waals surface area contributed by atoms with Gasteiger partial charge in [0.05, 0.1) is 7.11 Å². The number of amides is 1. The van der Waals surface area contributed by atoms with Gasteiger partial charge in [0.25, 0.3) is 5.91 Å². The first kappa shape index (κ1) is 19.6. The topological polar surface area (TPSA) is 64.4 Å². The minimum Gasteiger partial charge on any atom is -0.497 e. The number of nitrogens with zero attached hydrogens (tertiary/aromatic N) is 1. The molecular weight excluding hydrogens is 400 g/mol. The van der Waals surface area contributed by atoms with Crippen molar-refractivity contribution in [2.75, 3.05) is 12.4 Å². The number of carbonyl (C=O) groups is 1. The Bertz CT molecular complexity index is 1390. The molecular formula is C27H20N2O3. The van der Waals surface area contributed by atoms with Gasteiger partial charge in [-0.05, 0) is 53.6 Å². The lowest BCUT2D eigenvalue weighted by atomic mass is 10.0. The number of methoxy groups -OCH3 is 1. The summed E-state index contributed by atoms with van der Waals surface area (Å²) in [6.45, 7) is 0. The van der Waals surface area contributed by atoms with Crippen LogP contribution in [0.3, 0.4) is 0 Å². The number of hydrogen-bond acceptors (Lipinski definition) is 4. The zero-order chi connectivity index (χ0) is 21.9. The minimum absolute atomic E-state index is 0.177. The Hall–Kier alpha value is -4.38. The third kappa shape index (κ3) is 3.96. The smallest absolute Gasteiger partial charge is 0.255 e. The van der Waals surface area contributed by atoms with Crippen LogP contribution < -0.4 is 10.1 Å². The fourth-order valence-electron chi connectivity index (χ4n) is 3.54. The number of carbonyl (C=O) groups excluding carboxylic acids is 1. The standard InChI is InChI=1S/C27H20N2O3/c1-31-23-14-15-25-24(17-23)29-27(32-25)21-8-5-9-22(16-21)28-26(30)20-12-10-19(11-13-20)18-6-3-2-4-7-18/h2-17H,1H3,(H,28,30). The van der Waals surface area contributed by atoms with E-state index in [0.29, 0.717) is 28.2 Å². The van der Waals surface area contributed by atoms with Crippen molar-refractivity contribution in [3.05, 3.63) is 103 Å². The van der Waals surface area contributed by atoms with E-state index in [2.05, 4.69) is 10.3 Å². The normalized spacial score (nSPS) is 10.8. The van der Waals surface area contributed by atoms with Crippen LogP contribution in [0.15, 0.2) is 101 Å². The molecule has 0 bridgehead atoms. The van der Waals surface area contributed by atoms with Gasteiger partial charge in [-0.15, -0.1) is 0 Å². The molecule has 0 aliphatic rings. The fraction of sp³-hybridized carbons (Fsp3) is 0.0370. The van der Waals surface area contributed by atoms with Crippen LogP contribution in [0.25, 0.3) is 33.7 Å². The van der Waals surface area contributed by atoms with E-state index in [1.54, 1.807) is 7.11 Å². The molecule has 1 heterocycles. The van der Waals surface area contributed by atoms with Crippen LogP contribution in [0, 0.1) is 0 Å². The number of hydrogen-bond donors (Lipinski definition) is 1. The van der Waals surface area contributed by atoms with E-state index in [0.717, 1.165) is 22.4 Å². The second kappa shape index (κ2) is 8.40. The molecule has 1 amide bonds. The minimum atomic E-state index is -0.177. The molecule has 0 saturated carbocycles. The molecule has 4 aromatic carbocycles. The molecule has 156 valence electrons. The first-order chi connectivity index (χ1) is 15.7. The summed E-state index contributed by atoms with van der Waals surface area (Å²) in [6, 6.07) is 30.6. The molecule has 0 aliphatic heterocycles. The van der Waals surface area contributed by atoms with Gasteiger partial charge in [0.2, 0.25) is 5.89 Å². The summed E-state index contributed by atoms with van der Waals surface area (Å²) in [5, 5.41) is 2.95. The first-order valence-corrected chi connectivity index (χ1v) is 10.2.